The molecule has 132 valence electrons. The number of rotatable bonds is 3. The molecule has 0 aromatic carbocycles. The smallest absolute Gasteiger partial charge is 0.227 e. The van der Waals surface area contributed by atoms with Gasteiger partial charge in [0.25, 0.3) is 0 Å². The van der Waals surface area contributed by atoms with Gasteiger partial charge in [-0.1, -0.05) is 6.92 Å². The SMILES string of the molecule is CCc1ncnc(N2CCC[C@@H](C(=O)N3CCN(C)CC3)C2)c1F. The second kappa shape index (κ2) is 7.42. The zero-order chi connectivity index (χ0) is 17.1. The molecular weight excluding hydrogens is 309 g/mol. The molecule has 2 aliphatic rings. The number of amides is 1. The molecule has 2 aliphatic heterocycles. The zero-order valence-electron chi connectivity index (χ0n) is 14.5. The van der Waals surface area contributed by atoms with Crippen molar-refractivity contribution in [3.05, 3.63) is 17.8 Å². The summed E-state index contributed by atoms with van der Waals surface area (Å²) in [6.45, 7) is 6.57. The molecule has 1 amide bonds. The van der Waals surface area contributed by atoms with Crippen LogP contribution < -0.4 is 4.90 Å². The number of carbonyl (C=O) groups excluding carboxylic acids is 1. The highest BCUT2D eigenvalue weighted by molar-refractivity contribution is 5.80. The van der Waals surface area contributed by atoms with Gasteiger partial charge in [-0.25, -0.2) is 14.4 Å². The van der Waals surface area contributed by atoms with Crippen LogP contribution in [0.3, 0.4) is 0 Å². The van der Waals surface area contributed by atoms with Gasteiger partial charge in [-0.3, -0.25) is 4.79 Å². The van der Waals surface area contributed by atoms with Gasteiger partial charge in [-0.2, -0.15) is 0 Å². The number of aromatic nitrogens is 2. The van der Waals surface area contributed by atoms with Crippen molar-refractivity contribution >= 4 is 11.7 Å². The first kappa shape index (κ1) is 17.1. The fourth-order valence-electron chi connectivity index (χ4n) is 3.52. The van der Waals surface area contributed by atoms with Crippen molar-refractivity contribution in [2.75, 3.05) is 51.2 Å². The van der Waals surface area contributed by atoms with E-state index in [0.717, 1.165) is 45.6 Å². The van der Waals surface area contributed by atoms with Gasteiger partial charge in [-0.15, -0.1) is 0 Å². The predicted molar refractivity (Wildman–Crippen MR) is 90.4 cm³/mol. The lowest BCUT2D eigenvalue weighted by Crippen LogP contribution is -2.51. The normalized spacial score (nSPS) is 22.7. The molecule has 0 saturated carbocycles. The standard InChI is InChI=1S/C17H26FN5O/c1-3-14-15(18)16(20-12-19-14)23-6-4-5-13(11-23)17(24)22-9-7-21(2)8-10-22/h12-13H,3-11H2,1-2H3/t13-/m1/s1. The van der Waals surface area contributed by atoms with Crippen LogP contribution in [0.4, 0.5) is 10.2 Å². The van der Waals surface area contributed by atoms with Crippen LogP contribution in [-0.4, -0.2) is 72.0 Å². The van der Waals surface area contributed by atoms with Crippen LogP contribution in [0.25, 0.3) is 0 Å². The summed E-state index contributed by atoms with van der Waals surface area (Å²) in [5.41, 5.74) is 0.438. The molecule has 2 saturated heterocycles. The van der Waals surface area contributed by atoms with Gasteiger partial charge >= 0.3 is 0 Å². The summed E-state index contributed by atoms with van der Waals surface area (Å²) in [6, 6.07) is 0. The van der Waals surface area contributed by atoms with Crippen LogP contribution >= 0.6 is 0 Å². The first-order valence-electron chi connectivity index (χ1n) is 8.81. The molecule has 1 aromatic rings. The number of aryl methyl sites for hydroxylation is 1. The third kappa shape index (κ3) is 3.50. The van der Waals surface area contributed by atoms with Crippen molar-refractivity contribution < 1.29 is 9.18 Å². The number of hydrogen-bond donors (Lipinski definition) is 0. The average molecular weight is 335 g/mol. The number of piperidine rings is 1. The monoisotopic (exact) mass is 335 g/mol. The third-order valence-corrected chi connectivity index (χ3v) is 5.06. The van der Waals surface area contributed by atoms with Gasteiger partial charge in [0.2, 0.25) is 5.91 Å². The van der Waals surface area contributed by atoms with Gasteiger partial charge in [0.15, 0.2) is 11.6 Å². The molecule has 0 N–H and O–H groups in total. The summed E-state index contributed by atoms with van der Waals surface area (Å²) >= 11 is 0. The van der Waals surface area contributed by atoms with E-state index in [1.165, 1.54) is 6.33 Å². The van der Waals surface area contributed by atoms with Gasteiger partial charge in [0.05, 0.1) is 11.6 Å². The number of halogens is 1. The van der Waals surface area contributed by atoms with E-state index < -0.39 is 0 Å². The molecule has 24 heavy (non-hydrogen) atoms. The number of nitrogens with zero attached hydrogens (tertiary/aromatic N) is 5. The highest BCUT2D eigenvalue weighted by atomic mass is 19.1. The molecular formula is C17H26FN5O. The fourth-order valence-corrected chi connectivity index (χ4v) is 3.52. The molecule has 0 unspecified atom stereocenters. The lowest BCUT2D eigenvalue weighted by atomic mass is 9.96. The van der Waals surface area contributed by atoms with Crippen LogP contribution in [-0.2, 0) is 11.2 Å². The van der Waals surface area contributed by atoms with E-state index in [9.17, 15) is 9.18 Å². The minimum Gasteiger partial charge on any atom is -0.353 e. The van der Waals surface area contributed by atoms with Crippen molar-refractivity contribution in [2.24, 2.45) is 5.92 Å². The number of likely N-dealkylation sites (N-methyl/N-ethyl adjacent to an activating group) is 1. The average Bonchev–Trinajstić information content (AvgIpc) is 2.62. The molecule has 6 nitrogen and oxygen atoms in total. The predicted octanol–water partition coefficient (Wildman–Crippen LogP) is 1.17. The molecule has 0 radical (unpaired) electrons. The number of anilines is 1. The number of carbonyl (C=O) groups is 1. The van der Waals surface area contributed by atoms with E-state index in [2.05, 4.69) is 21.9 Å². The van der Waals surface area contributed by atoms with Gasteiger partial charge in [0.1, 0.15) is 6.33 Å². The Balaban J connectivity index is 1.69. The maximum atomic E-state index is 14.5. The highest BCUT2D eigenvalue weighted by Gasteiger charge is 2.32. The maximum Gasteiger partial charge on any atom is 0.227 e. The Bertz CT molecular complexity index is 588. The van der Waals surface area contributed by atoms with E-state index in [0.29, 0.717) is 24.5 Å². The summed E-state index contributed by atoms with van der Waals surface area (Å²) in [4.78, 5) is 27.0. The Hall–Kier alpha value is -1.76. The zero-order valence-corrected chi connectivity index (χ0v) is 14.5. The Kier molecular flexibility index (Phi) is 5.28. The molecule has 3 heterocycles. The fraction of sp³-hybridized carbons (Fsp3) is 0.706. The van der Waals surface area contributed by atoms with Crippen LogP contribution in [0.5, 0.6) is 0 Å². The first-order chi connectivity index (χ1) is 11.6. The van der Waals surface area contributed by atoms with Crippen molar-refractivity contribution in [2.45, 2.75) is 26.2 Å². The quantitative estimate of drug-likeness (QED) is 0.830. The van der Waals surface area contributed by atoms with Crippen molar-refractivity contribution in [3.63, 3.8) is 0 Å². The largest absolute Gasteiger partial charge is 0.353 e. The topological polar surface area (TPSA) is 52.6 Å². The minimum absolute atomic E-state index is 0.0680. The summed E-state index contributed by atoms with van der Waals surface area (Å²) in [5, 5.41) is 0. The molecule has 0 bridgehead atoms. The molecule has 1 atom stereocenters. The summed E-state index contributed by atoms with van der Waals surface area (Å²) in [5.74, 6) is 0.144. The minimum atomic E-state index is -0.340. The van der Waals surface area contributed by atoms with Crippen LogP contribution in [0.15, 0.2) is 6.33 Å². The summed E-state index contributed by atoms with van der Waals surface area (Å²) < 4.78 is 14.5. The summed E-state index contributed by atoms with van der Waals surface area (Å²) in [6.07, 6.45) is 3.71. The second-order valence-electron chi connectivity index (χ2n) is 6.73. The van der Waals surface area contributed by atoms with E-state index in [1.807, 2.05) is 16.7 Å². The Morgan fingerprint density at radius 1 is 1.25 bits per heavy atom. The molecule has 1 aromatic heterocycles. The van der Waals surface area contributed by atoms with Crippen molar-refractivity contribution in [1.29, 1.82) is 0 Å². The Labute approximate surface area is 142 Å². The third-order valence-electron chi connectivity index (χ3n) is 5.06. The second-order valence-corrected chi connectivity index (χ2v) is 6.73. The van der Waals surface area contributed by atoms with Gasteiger partial charge < -0.3 is 14.7 Å². The lowest BCUT2D eigenvalue weighted by Gasteiger charge is -2.38. The van der Waals surface area contributed by atoms with E-state index in [1.54, 1.807) is 0 Å². The molecule has 7 heteroatoms. The van der Waals surface area contributed by atoms with E-state index in [-0.39, 0.29) is 17.6 Å². The Morgan fingerprint density at radius 3 is 2.71 bits per heavy atom. The first-order valence-corrected chi connectivity index (χ1v) is 8.81. The number of hydrogen-bond acceptors (Lipinski definition) is 5. The van der Waals surface area contributed by atoms with Crippen molar-refractivity contribution in [3.8, 4) is 0 Å². The summed E-state index contributed by atoms with van der Waals surface area (Å²) in [7, 11) is 2.08. The van der Waals surface area contributed by atoms with Gasteiger partial charge in [-0.05, 0) is 26.3 Å². The maximum absolute atomic E-state index is 14.5. The van der Waals surface area contributed by atoms with Gasteiger partial charge in [0, 0.05) is 39.3 Å². The van der Waals surface area contributed by atoms with E-state index in [4.69, 9.17) is 0 Å². The van der Waals surface area contributed by atoms with Crippen molar-refractivity contribution in [1.82, 2.24) is 19.8 Å². The van der Waals surface area contributed by atoms with Crippen LogP contribution in [0.2, 0.25) is 0 Å². The lowest BCUT2D eigenvalue weighted by molar-refractivity contribution is -0.137. The number of piperazine rings is 1. The molecule has 0 aliphatic carbocycles. The molecule has 2 fully saturated rings. The highest BCUT2D eigenvalue weighted by Crippen LogP contribution is 2.26. The van der Waals surface area contributed by atoms with Crippen LogP contribution in [0.1, 0.15) is 25.5 Å². The van der Waals surface area contributed by atoms with Crippen LogP contribution in [0, 0.1) is 11.7 Å². The Morgan fingerprint density at radius 2 is 2.00 bits per heavy atom. The molecule has 3 rings (SSSR count). The molecule has 0 spiro atoms. The van der Waals surface area contributed by atoms with E-state index >= 15 is 0 Å².